The van der Waals surface area contributed by atoms with Gasteiger partial charge in [0.1, 0.15) is 12.4 Å². The molecule has 0 bridgehead atoms. The first kappa shape index (κ1) is 20.8. The van der Waals surface area contributed by atoms with Gasteiger partial charge in [-0.15, -0.1) is 0 Å². The Morgan fingerprint density at radius 2 is 1.88 bits per heavy atom. The van der Waals surface area contributed by atoms with Crippen LogP contribution in [0.25, 0.3) is 16.7 Å². The maximum atomic E-state index is 13.6. The second kappa shape index (κ2) is 8.78. The zero-order chi connectivity index (χ0) is 22.8. The molecule has 1 aliphatic rings. The molecule has 0 unspecified atom stereocenters. The van der Waals surface area contributed by atoms with Crippen molar-refractivity contribution in [2.45, 2.75) is 19.1 Å². The van der Waals surface area contributed by atoms with Crippen molar-refractivity contribution in [1.82, 2.24) is 19.0 Å². The lowest BCUT2D eigenvalue weighted by Gasteiger charge is -2.15. The molecule has 7 heteroatoms. The molecule has 0 spiro atoms. The van der Waals surface area contributed by atoms with Crippen LogP contribution in [0.1, 0.15) is 18.0 Å². The fourth-order valence-corrected chi connectivity index (χ4v) is 4.39. The fraction of sp³-hybridized carbons (Fsp3) is 0.192. The van der Waals surface area contributed by atoms with Crippen molar-refractivity contribution in [3.05, 3.63) is 102 Å². The first-order valence-electron chi connectivity index (χ1n) is 10.9. The SMILES string of the molecule is C=CC(=O)N1CC[C@@H](n2c(=O)n(-c3ccc(OCc4ccccc4)cc3)c3cnccc32)C1. The van der Waals surface area contributed by atoms with Crippen LogP contribution in [0.3, 0.4) is 0 Å². The van der Waals surface area contributed by atoms with E-state index in [0.29, 0.717) is 26.1 Å². The van der Waals surface area contributed by atoms with Crippen molar-refractivity contribution in [3.8, 4) is 11.4 Å². The van der Waals surface area contributed by atoms with Gasteiger partial charge in [-0.25, -0.2) is 4.79 Å². The summed E-state index contributed by atoms with van der Waals surface area (Å²) < 4.78 is 9.33. The van der Waals surface area contributed by atoms with Crippen LogP contribution >= 0.6 is 0 Å². The summed E-state index contributed by atoms with van der Waals surface area (Å²) in [4.78, 5) is 31.6. The number of benzene rings is 2. The van der Waals surface area contributed by atoms with Crippen LogP contribution < -0.4 is 10.4 Å². The summed E-state index contributed by atoms with van der Waals surface area (Å²) >= 11 is 0. The number of nitrogens with zero attached hydrogens (tertiary/aromatic N) is 4. The third kappa shape index (κ3) is 3.93. The van der Waals surface area contributed by atoms with Crippen molar-refractivity contribution in [3.63, 3.8) is 0 Å². The molecule has 2 aromatic carbocycles. The molecular weight excluding hydrogens is 416 g/mol. The summed E-state index contributed by atoms with van der Waals surface area (Å²) in [5.74, 6) is 0.619. The third-order valence-electron chi connectivity index (χ3n) is 6.03. The topological polar surface area (TPSA) is 69.4 Å². The Morgan fingerprint density at radius 3 is 2.64 bits per heavy atom. The summed E-state index contributed by atoms with van der Waals surface area (Å²) in [7, 11) is 0. The van der Waals surface area contributed by atoms with Gasteiger partial charge in [-0.2, -0.15) is 0 Å². The van der Waals surface area contributed by atoms with Gasteiger partial charge >= 0.3 is 5.69 Å². The number of hydrogen-bond acceptors (Lipinski definition) is 4. The minimum absolute atomic E-state index is 0.0963. The molecule has 1 saturated heterocycles. The number of fused-ring (bicyclic) bond motifs is 1. The normalized spacial score (nSPS) is 15.6. The van der Waals surface area contributed by atoms with Crippen LogP contribution in [0.15, 0.2) is 90.5 Å². The first-order valence-corrected chi connectivity index (χ1v) is 10.9. The molecule has 33 heavy (non-hydrogen) atoms. The Balaban J connectivity index is 1.45. The molecule has 1 atom stereocenters. The summed E-state index contributed by atoms with van der Waals surface area (Å²) in [6.45, 7) is 5.14. The van der Waals surface area contributed by atoms with Gasteiger partial charge in [0.25, 0.3) is 0 Å². The van der Waals surface area contributed by atoms with E-state index in [-0.39, 0.29) is 17.6 Å². The van der Waals surface area contributed by atoms with Crippen molar-refractivity contribution in [1.29, 1.82) is 0 Å². The number of carbonyl (C=O) groups excluding carboxylic acids is 1. The van der Waals surface area contributed by atoms with Gasteiger partial charge in [-0.1, -0.05) is 36.9 Å². The highest BCUT2D eigenvalue weighted by Gasteiger charge is 2.29. The molecule has 1 amide bonds. The quantitative estimate of drug-likeness (QED) is 0.429. The summed E-state index contributed by atoms with van der Waals surface area (Å²) in [6.07, 6.45) is 5.42. The zero-order valence-electron chi connectivity index (χ0n) is 18.1. The number of amides is 1. The van der Waals surface area contributed by atoms with Gasteiger partial charge in [-0.3, -0.25) is 18.9 Å². The highest BCUT2D eigenvalue weighted by Crippen LogP contribution is 2.27. The minimum atomic E-state index is -0.145. The predicted octanol–water partition coefficient (Wildman–Crippen LogP) is 3.73. The molecule has 0 aliphatic carbocycles. The number of pyridine rings is 1. The molecule has 4 aromatic rings. The largest absolute Gasteiger partial charge is 0.489 e. The average Bonchev–Trinajstić information content (AvgIpc) is 3.45. The van der Waals surface area contributed by atoms with Crippen LogP contribution in [0.2, 0.25) is 0 Å². The van der Waals surface area contributed by atoms with E-state index in [1.165, 1.54) is 6.08 Å². The van der Waals surface area contributed by atoms with Crippen molar-refractivity contribution in [2.75, 3.05) is 13.1 Å². The number of aromatic nitrogens is 3. The average molecular weight is 441 g/mol. The molecule has 3 heterocycles. The number of imidazole rings is 1. The molecule has 5 rings (SSSR count). The second-order valence-corrected chi connectivity index (χ2v) is 8.05. The maximum absolute atomic E-state index is 13.6. The van der Waals surface area contributed by atoms with Crippen molar-refractivity contribution < 1.29 is 9.53 Å². The van der Waals surface area contributed by atoms with E-state index >= 15 is 0 Å². The second-order valence-electron chi connectivity index (χ2n) is 8.05. The van der Waals surface area contributed by atoms with Crippen LogP contribution in [-0.2, 0) is 11.4 Å². The number of hydrogen-bond donors (Lipinski definition) is 0. The number of rotatable bonds is 6. The van der Waals surface area contributed by atoms with Gasteiger partial charge in [-0.05, 0) is 48.4 Å². The van der Waals surface area contributed by atoms with E-state index in [1.54, 1.807) is 26.4 Å². The highest BCUT2D eigenvalue weighted by molar-refractivity contribution is 5.87. The van der Waals surface area contributed by atoms with E-state index in [1.807, 2.05) is 60.7 Å². The highest BCUT2D eigenvalue weighted by atomic mass is 16.5. The summed E-state index contributed by atoms with van der Waals surface area (Å²) in [5.41, 5.74) is 3.22. The predicted molar refractivity (Wildman–Crippen MR) is 127 cm³/mol. The van der Waals surface area contributed by atoms with E-state index in [4.69, 9.17) is 4.74 Å². The lowest BCUT2D eigenvalue weighted by Crippen LogP contribution is -2.31. The Hall–Kier alpha value is -4.13. The maximum Gasteiger partial charge on any atom is 0.334 e. The molecule has 0 radical (unpaired) electrons. The molecular formula is C26H24N4O3. The Bertz CT molecular complexity index is 1360. The van der Waals surface area contributed by atoms with E-state index < -0.39 is 0 Å². The van der Waals surface area contributed by atoms with Crippen LogP contribution in [0.4, 0.5) is 0 Å². The van der Waals surface area contributed by atoms with Crippen LogP contribution in [0.5, 0.6) is 5.75 Å². The smallest absolute Gasteiger partial charge is 0.334 e. The summed E-state index contributed by atoms with van der Waals surface area (Å²) in [5, 5.41) is 0. The fourth-order valence-electron chi connectivity index (χ4n) is 4.39. The molecule has 2 aromatic heterocycles. The number of likely N-dealkylation sites (tertiary alicyclic amines) is 1. The van der Waals surface area contributed by atoms with E-state index in [9.17, 15) is 9.59 Å². The standard InChI is InChI=1S/C26H24N4O3/c1-2-25(31)28-15-13-21(17-28)30-23-12-14-27-16-24(23)29(26(30)32)20-8-10-22(11-9-20)33-18-19-6-4-3-5-7-19/h2-12,14,16,21H,1,13,15,17-18H2/t21-/m1/s1. The Morgan fingerprint density at radius 1 is 1.09 bits per heavy atom. The Labute approximate surface area is 191 Å². The van der Waals surface area contributed by atoms with Crippen LogP contribution in [0, 0.1) is 0 Å². The van der Waals surface area contributed by atoms with Gasteiger partial charge in [0.15, 0.2) is 0 Å². The number of carbonyl (C=O) groups is 1. The lowest BCUT2D eigenvalue weighted by atomic mass is 10.2. The molecule has 1 fully saturated rings. The number of ether oxygens (including phenoxy) is 1. The van der Waals surface area contributed by atoms with Gasteiger partial charge in [0.2, 0.25) is 5.91 Å². The van der Waals surface area contributed by atoms with Gasteiger partial charge < -0.3 is 9.64 Å². The van der Waals surface area contributed by atoms with Gasteiger partial charge in [0.05, 0.1) is 29.0 Å². The molecule has 1 aliphatic heterocycles. The lowest BCUT2D eigenvalue weighted by molar-refractivity contribution is -0.125. The zero-order valence-corrected chi connectivity index (χ0v) is 18.1. The third-order valence-corrected chi connectivity index (χ3v) is 6.03. The van der Waals surface area contributed by atoms with Crippen molar-refractivity contribution >= 4 is 16.9 Å². The molecule has 166 valence electrons. The molecule has 0 N–H and O–H groups in total. The van der Waals surface area contributed by atoms with E-state index in [2.05, 4.69) is 11.6 Å². The van der Waals surface area contributed by atoms with Gasteiger partial charge in [0, 0.05) is 19.3 Å². The first-order chi connectivity index (χ1) is 16.2. The monoisotopic (exact) mass is 440 g/mol. The molecule has 0 saturated carbocycles. The molecule has 7 nitrogen and oxygen atoms in total. The minimum Gasteiger partial charge on any atom is -0.489 e. The van der Waals surface area contributed by atoms with Crippen LogP contribution in [-0.4, -0.2) is 38.0 Å². The van der Waals surface area contributed by atoms with Crippen molar-refractivity contribution in [2.24, 2.45) is 0 Å². The van der Waals surface area contributed by atoms with E-state index in [0.717, 1.165) is 28.0 Å². The Kier molecular flexibility index (Phi) is 5.52. The summed E-state index contributed by atoms with van der Waals surface area (Å²) in [6, 6.07) is 19.2.